The van der Waals surface area contributed by atoms with E-state index < -0.39 is 6.10 Å². The molecule has 0 aliphatic heterocycles. The molecular formula is C15H24ClNO. The van der Waals surface area contributed by atoms with Gasteiger partial charge in [0.15, 0.2) is 0 Å². The second kappa shape index (κ2) is 7.13. The zero-order valence-electron chi connectivity index (χ0n) is 11.7. The zero-order chi connectivity index (χ0) is 13.7. The molecule has 0 radical (unpaired) electrons. The Morgan fingerprint density at radius 3 is 2.17 bits per heavy atom. The number of aliphatic hydroxyl groups is 1. The number of hydrogen-bond acceptors (Lipinski definition) is 2. The van der Waals surface area contributed by atoms with Gasteiger partial charge in [-0.15, -0.1) is 0 Å². The maximum atomic E-state index is 10.5. The minimum absolute atomic E-state index is 0.0566. The minimum atomic E-state index is -0.503. The van der Waals surface area contributed by atoms with Crippen LogP contribution >= 0.6 is 11.6 Å². The van der Waals surface area contributed by atoms with E-state index in [1.807, 2.05) is 24.3 Å². The van der Waals surface area contributed by atoms with Crippen LogP contribution in [0.3, 0.4) is 0 Å². The molecule has 3 unspecified atom stereocenters. The third-order valence-electron chi connectivity index (χ3n) is 3.36. The van der Waals surface area contributed by atoms with Gasteiger partial charge in [-0.2, -0.15) is 0 Å². The normalized spacial score (nSPS) is 16.6. The molecule has 0 spiro atoms. The van der Waals surface area contributed by atoms with Crippen LogP contribution in [0, 0.1) is 5.92 Å². The molecule has 1 rings (SSSR count). The van der Waals surface area contributed by atoms with E-state index in [4.69, 9.17) is 11.6 Å². The van der Waals surface area contributed by atoms with Gasteiger partial charge in [0.1, 0.15) is 0 Å². The highest BCUT2D eigenvalue weighted by Gasteiger charge is 2.24. The van der Waals surface area contributed by atoms with Gasteiger partial charge < -0.3 is 10.4 Å². The predicted octanol–water partition coefficient (Wildman–Crippen LogP) is 3.79. The van der Waals surface area contributed by atoms with Crippen LogP contribution in [0.2, 0.25) is 5.02 Å². The second-order valence-corrected chi connectivity index (χ2v) is 5.68. The molecule has 0 saturated carbocycles. The van der Waals surface area contributed by atoms with Crippen LogP contribution in [0.15, 0.2) is 24.3 Å². The van der Waals surface area contributed by atoms with E-state index in [1.165, 1.54) is 0 Å². The standard InChI is InChI=1S/C15H24ClNO/c1-5-11(4)17-14(10(2)3)15(18)12-6-8-13(16)9-7-12/h6-11,14-15,17-18H,5H2,1-4H3. The summed E-state index contributed by atoms with van der Waals surface area (Å²) >= 11 is 5.87. The number of nitrogens with one attached hydrogen (secondary N) is 1. The van der Waals surface area contributed by atoms with Crippen LogP contribution < -0.4 is 5.32 Å². The molecule has 0 amide bonds. The Morgan fingerprint density at radius 1 is 1.17 bits per heavy atom. The number of aliphatic hydroxyl groups excluding tert-OH is 1. The summed E-state index contributed by atoms with van der Waals surface area (Å²) in [5, 5.41) is 14.7. The molecule has 0 aliphatic rings. The van der Waals surface area contributed by atoms with Gasteiger partial charge in [-0.25, -0.2) is 0 Å². The molecule has 18 heavy (non-hydrogen) atoms. The third-order valence-corrected chi connectivity index (χ3v) is 3.61. The van der Waals surface area contributed by atoms with Crippen LogP contribution in [0.25, 0.3) is 0 Å². The Balaban J connectivity index is 2.82. The maximum Gasteiger partial charge on any atom is 0.0945 e. The molecule has 1 aromatic carbocycles. The molecule has 0 aliphatic carbocycles. The lowest BCUT2D eigenvalue weighted by Gasteiger charge is -2.30. The van der Waals surface area contributed by atoms with Crippen molar-refractivity contribution in [3.63, 3.8) is 0 Å². The highest BCUT2D eigenvalue weighted by Crippen LogP contribution is 2.24. The van der Waals surface area contributed by atoms with Crippen molar-refractivity contribution < 1.29 is 5.11 Å². The Kier molecular flexibility index (Phi) is 6.13. The lowest BCUT2D eigenvalue weighted by molar-refractivity contribution is 0.0986. The molecule has 1 aromatic rings. The maximum absolute atomic E-state index is 10.5. The quantitative estimate of drug-likeness (QED) is 0.824. The summed E-state index contributed by atoms with van der Waals surface area (Å²) in [5.41, 5.74) is 0.911. The van der Waals surface area contributed by atoms with Crippen molar-refractivity contribution in [1.82, 2.24) is 5.32 Å². The SMILES string of the molecule is CCC(C)NC(C(C)C)C(O)c1ccc(Cl)cc1. The molecule has 102 valence electrons. The summed E-state index contributed by atoms with van der Waals surface area (Å²) in [7, 11) is 0. The van der Waals surface area contributed by atoms with E-state index in [-0.39, 0.29) is 6.04 Å². The van der Waals surface area contributed by atoms with E-state index in [9.17, 15) is 5.11 Å². The Morgan fingerprint density at radius 2 is 1.72 bits per heavy atom. The van der Waals surface area contributed by atoms with Crippen molar-refractivity contribution in [2.75, 3.05) is 0 Å². The van der Waals surface area contributed by atoms with Gasteiger partial charge in [0.25, 0.3) is 0 Å². The highest BCUT2D eigenvalue weighted by atomic mass is 35.5. The molecule has 0 bridgehead atoms. The van der Waals surface area contributed by atoms with Crippen LogP contribution in [-0.4, -0.2) is 17.2 Å². The summed E-state index contributed by atoms with van der Waals surface area (Å²) in [4.78, 5) is 0. The van der Waals surface area contributed by atoms with Crippen molar-refractivity contribution in [1.29, 1.82) is 0 Å². The minimum Gasteiger partial charge on any atom is -0.387 e. The monoisotopic (exact) mass is 269 g/mol. The van der Waals surface area contributed by atoms with Gasteiger partial charge in [0, 0.05) is 17.1 Å². The smallest absolute Gasteiger partial charge is 0.0945 e. The molecule has 2 nitrogen and oxygen atoms in total. The lowest BCUT2D eigenvalue weighted by Crippen LogP contribution is -2.43. The largest absolute Gasteiger partial charge is 0.387 e. The average molecular weight is 270 g/mol. The van der Waals surface area contributed by atoms with Crippen LogP contribution in [0.4, 0.5) is 0 Å². The first-order chi connectivity index (χ1) is 8.45. The van der Waals surface area contributed by atoms with Crippen molar-refractivity contribution >= 4 is 11.6 Å². The van der Waals surface area contributed by atoms with E-state index in [1.54, 1.807) is 0 Å². The molecule has 0 heterocycles. The first kappa shape index (κ1) is 15.5. The summed E-state index contributed by atoms with van der Waals surface area (Å²) in [6.45, 7) is 8.53. The predicted molar refractivity (Wildman–Crippen MR) is 77.9 cm³/mol. The Bertz CT molecular complexity index is 350. The van der Waals surface area contributed by atoms with Crippen LogP contribution in [0.5, 0.6) is 0 Å². The topological polar surface area (TPSA) is 32.3 Å². The van der Waals surface area contributed by atoms with E-state index >= 15 is 0 Å². The lowest BCUT2D eigenvalue weighted by atomic mass is 9.92. The van der Waals surface area contributed by atoms with E-state index in [0.29, 0.717) is 17.0 Å². The summed E-state index contributed by atoms with van der Waals surface area (Å²) in [5.74, 6) is 0.365. The summed E-state index contributed by atoms with van der Waals surface area (Å²) in [6, 6.07) is 7.88. The fourth-order valence-electron chi connectivity index (χ4n) is 1.96. The fourth-order valence-corrected chi connectivity index (χ4v) is 2.09. The van der Waals surface area contributed by atoms with Gasteiger partial charge in [-0.05, 0) is 37.0 Å². The van der Waals surface area contributed by atoms with Gasteiger partial charge in [-0.1, -0.05) is 44.5 Å². The van der Waals surface area contributed by atoms with E-state index in [0.717, 1.165) is 12.0 Å². The van der Waals surface area contributed by atoms with Gasteiger partial charge >= 0.3 is 0 Å². The van der Waals surface area contributed by atoms with Gasteiger partial charge in [0.2, 0.25) is 0 Å². The van der Waals surface area contributed by atoms with Crippen LogP contribution in [-0.2, 0) is 0 Å². The number of hydrogen-bond donors (Lipinski definition) is 2. The number of rotatable bonds is 6. The second-order valence-electron chi connectivity index (χ2n) is 5.24. The molecule has 3 atom stereocenters. The van der Waals surface area contributed by atoms with Crippen molar-refractivity contribution in [3.05, 3.63) is 34.9 Å². The van der Waals surface area contributed by atoms with Crippen molar-refractivity contribution in [2.45, 2.75) is 52.3 Å². The molecular weight excluding hydrogens is 246 g/mol. The highest BCUT2D eigenvalue weighted by molar-refractivity contribution is 6.30. The van der Waals surface area contributed by atoms with Crippen molar-refractivity contribution in [2.24, 2.45) is 5.92 Å². The molecule has 0 aromatic heterocycles. The zero-order valence-corrected chi connectivity index (χ0v) is 12.4. The van der Waals surface area contributed by atoms with Gasteiger partial charge in [0.05, 0.1) is 6.10 Å². The van der Waals surface area contributed by atoms with Gasteiger partial charge in [-0.3, -0.25) is 0 Å². The van der Waals surface area contributed by atoms with Crippen molar-refractivity contribution in [3.8, 4) is 0 Å². The molecule has 3 heteroatoms. The fraction of sp³-hybridized carbons (Fsp3) is 0.600. The first-order valence-corrected chi connectivity index (χ1v) is 7.03. The molecule has 0 saturated heterocycles. The Labute approximate surface area is 115 Å². The average Bonchev–Trinajstić information content (AvgIpc) is 2.35. The molecule has 0 fully saturated rings. The Hall–Kier alpha value is -0.570. The number of benzene rings is 1. The number of halogens is 1. The molecule has 2 N–H and O–H groups in total. The first-order valence-electron chi connectivity index (χ1n) is 6.65. The van der Waals surface area contributed by atoms with E-state index in [2.05, 4.69) is 33.0 Å². The van der Waals surface area contributed by atoms with Crippen LogP contribution in [0.1, 0.15) is 45.8 Å². The third kappa shape index (κ3) is 4.27. The summed E-state index contributed by atoms with van der Waals surface area (Å²) < 4.78 is 0. The summed E-state index contributed by atoms with van der Waals surface area (Å²) in [6.07, 6.45) is 0.549.